The summed E-state index contributed by atoms with van der Waals surface area (Å²) in [5.41, 5.74) is 0. The lowest BCUT2D eigenvalue weighted by atomic mass is 10.3. The van der Waals surface area contributed by atoms with E-state index in [0.717, 1.165) is 10.6 Å². The van der Waals surface area contributed by atoms with Crippen molar-refractivity contribution >= 4 is 63.7 Å². The van der Waals surface area contributed by atoms with Crippen molar-refractivity contribution in [3.8, 4) is 0 Å². The molecule has 0 amide bonds. The Bertz CT molecular complexity index is 1270. The van der Waals surface area contributed by atoms with Crippen molar-refractivity contribution in [1.82, 2.24) is 0 Å². The second-order valence-corrected chi connectivity index (χ2v) is 18.7. The molecule has 172 valence electrons. The highest BCUT2D eigenvalue weighted by Gasteiger charge is 2.52. The molecule has 5 rings (SSSR count). The van der Waals surface area contributed by atoms with E-state index in [1.54, 1.807) is 0 Å². The highest BCUT2D eigenvalue weighted by molar-refractivity contribution is 8.23. The lowest BCUT2D eigenvalue weighted by Crippen LogP contribution is -2.73. The molecule has 0 fully saturated rings. The molecule has 0 aliphatic heterocycles. The van der Waals surface area contributed by atoms with Crippen LogP contribution in [0, 0.1) is 0 Å². The van der Waals surface area contributed by atoms with Crippen LogP contribution in [0.1, 0.15) is 0 Å². The maximum Gasteiger partial charge on any atom is 0.172 e. The molecule has 0 nitrogen and oxygen atoms in total. The van der Waals surface area contributed by atoms with Crippen LogP contribution in [-0.4, -0.2) is 12.8 Å². The van der Waals surface area contributed by atoms with E-state index in [2.05, 4.69) is 140 Å². The molecule has 1 atom stereocenters. The summed E-state index contributed by atoms with van der Waals surface area (Å²) in [6.07, 6.45) is 0. The Morgan fingerprint density at radius 3 is 1.00 bits per heavy atom. The van der Waals surface area contributed by atoms with Crippen molar-refractivity contribution in [3.63, 3.8) is 0 Å². The molecular formula is C31H26ClPSSi. The first-order valence-electron chi connectivity index (χ1n) is 11.7. The lowest BCUT2D eigenvalue weighted by Gasteiger charge is -2.43. The van der Waals surface area contributed by atoms with Crippen molar-refractivity contribution in [1.29, 1.82) is 0 Å². The van der Waals surface area contributed by atoms with E-state index in [4.69, 9.17) is 23.4 Å². The highest BCUT2D eigenvalue weighted by Crippen LogP contribution is 2.54. The molecule has 0 spiro atoms. The van der Waals surface area contributed by atoms with Crippen LogP contribution in [0.3, 0.4) is 0 Å². The number of rotatable bonds is 7. The maximum absolute atomic E-state index is 7.99. The summed E-state index contributed by atoms with van der Waals surface area (Å²) in [5.74, 6) is 0. The van der Waals surface area contributed by atoms with Gasteiger partial charge in [-0.15, -0.1) is 11.6 Å². The van der Waals surface area contributed by atoms with Crippen LogP contribution >= 0.6 is 17.6 Å². The Morgan fingerprint density at radius 1 is 0.457 bits per heavy atom. The van der Waals surface area contributed by atoms with E-state index in [1.165, 1.54) is 15.6 Å². The summed E-state index contributed by atoms with van der Waals surface area (Å²) in [7, 11) is -2.82. The molecule has 0 aromatic heterocycles. The number of halogens is 1. The van der Waals surface area contributed by atoms with Crippen molar-refractivity contribution < 1.29 is 0 Å². The quantitative estimate of drug-likeness (QED) is 0.119. The molecule has 5 aromatic carbocycles. The van der Waals surface area contributed by atoms with Gasteiger partial charge in [-0.25, -0.2) is 0 Å². The number of hydrogen-bond acceptors (Lipinski definition) is 1. The Labute approximate surface area is 219 Å². The van der Waals surface area contributed by atoms with Crippen LogP contribution in [0.2, 0.25) is 0 Å². The lowest BCUT2D eigenvalue weighted by molar-refractivity contribution is 1.60. The molecule has 35 heavy (non-hydrogen) atoms. The van der Waals surface area contributed by atoms with Crippen molar-refractivity contribution in [2.45, 2.75) is 4.74 Å². The minimum atomic E-state index is -2.82. The number of hydrogen-bond donors (Lipinski definition) is 0. The van der Waals surface area contributed by atoms with Crippen LogP contribution in [0.25, 0.3) is 0 Å². The van der Waals surface area contributed by atoms with Gasteiger partial charge >= 0.3 is 0 Å². The monoisotopic (exact) mass is 524 g/mol. The van der Waals surface area contributed by atoms with Crippen molar-refractivity contribution in [2.24, 2.45) is 0 Å². The Balaban J connectivity index is 1.90. The van der Waals surface area contributed by atoms with Crippen molar-refractivity contribution in [2.75, 3.05) is 0 Å². The van der Waals surface area contributed by atoms with E-state index >= 15 is 0 Å². The minimum Gasteiger partial charge on any atom is -0.119 e. The third-order valence-corrected chi connectivity index (χ3v) is 20.8. The van der Waals surface area contributed by atoms with Gasteiger partial charge in [-0.3, -0.25) is 0 Å². The van der Waals surface area contributed by atoms with Crippen LogP contribution in [-0.2, 0) is 11.8 Å². The van der Waals surface area contributed by atoms with Gasteiger partial charge in [0, 0.05) is 6.04 Å². The van der Waals surface area contributed by atoms with Gasteiger partial charge in [0.15, 0.2) is 8.07 Å². The van der Waals surface area contributed by atoms with Gasteiger partial charge in [0.2, 0.25) is 0 Å². The van der Waals surface area contributed by atoms with E-state index in [-0.39, 0.29) is 4.74 Å². The zero-order valence-electron chi connectivity index (χ0n) is 19.2. The first-order valence-corrected chi connectivity index (χ1v) is 17.1. The predicted octanol–water partition coefficient (Wildman–Crippen LogP) is 5.39. The molecule has 0 heterocycles. The SMILES string of the molecule is S=P(c1ccccc1)(c1ccccc1)[C@@H](Cl)[Si](c1ccccc1)(c1ccccc1)c1ccccc1. The van der Waals surface area contributed by atoms with E-state index in [0.29, 0.717) is 0 Å². The normalized spacial score (nSPS) is 12.7. The molecular weight excluding hydrogens is 499 g/mol. The predicted molar refractivity (Wildman–Crippen MR) is 160 cm³/mol. The van der Waals surface area contributed by atoms with Crippen LogP contribution in [0.15, 0.2) is 152 Å². The second-order valence-electron chi connectivity index (χ2n) is 8.57. The topological polar surface area (TPSA) is 0 Å². The van der Waals surface area contributed by atoms with Gasteiger partial charge < -0.3 is 0 Å². The van der Waals surface area contributed by atoms with Gasteiger partial charge in [0.1, 0.15) is 0 Å². The highest BCUT2D eigenvalue weighted by atomic mass is 35.5. The second kappa shape index (κ2) is 10.5. The van der Waals surface area contributed by atoms with E-state index in [9.17, 15) is 0 Å². The fourth-order valence-electron chi connectivity index (χ4n) is 5.00. The van der Waals surface area contributed by atoms with Crippen molar-refractivity contribution in [3.05, 3.63) is 152 Å². The summed E-state index contributed by atoms with van der Waals surface area (Å²) in [6, 6.07) is 51.1. The smallest absolute Gasteiger partial charge is 0.119 e. The summed E-state index contributed by atoms with van der Waals surface area (Å²) < 4.78 is -0.290. The summed E-state index contributed by atoms with van der Waals surface area (Å²) in [5, 5.41) is 6.14. The zero-order valence-corrected chi connectivity index (χ0v) is 22.7. The zero-order chi connectivity index (χ0) is 24.1. The molecule has 0 saturated heterocycles. The fraction of sp³-hybridized carbons (Fsp3) is 0.0323. The largest absolute Gasteiger partial charge is 0.172 e. The summed E-state index contributed by atoms with van der Waals surface area (Å²) >= 11 is 14.8. The fourth-order valence-corrected chi connectivity index (χ4v) is 19.4. The molecule has 0 bridgehead atoms. The minimum absolute atomic E-state index is 0.290. The summed E-state index contributed by atoms with van der Waals surface area (Å²) in [4.78, 5) is 0. The molecule has 0 saturated carbocycles. The molecule has 5 aromatic rings. The van der Waals surface area contributed by atoms with Gasteiger partial charge in [-0.1, -0.05) is 163 Å². The molecule has 4 heteroatoms. The Morgan fingerprint density at radius 2 is 0.714 bits per heavy atom. The number of alkyl halides is 1. The molecule has 0 N–H and O–H groups in total. The summed E-state index contributed by atoms with van der Waals surface area (Å²) in [6.45, 7) is 0. The Hall–Kier alpha value is -2.74. The molecule has 0 radical (unpaired) electrons. The van der Waals surface area contributed by atoms with E-state index < -0.39 is 14.1 Å². The average Bonchev–Trinajstić information content (AvgIpc) is 2.96. The third kappa shape index (κ3) is 4.26. The van der Waals surface area contributed by atoms with Crippen LogP contribution < -0.4 is 26.2 Å². The Kier molecular flexibility index (Phi) is 7.18. The first kappa shape index (κ1) is 24.0. The van der Waals surface area contributed by atoms with E-state index in [1.807, 2.05) is 12.1 Å². The standard InChI is InChI=1S/C31H26ClPSSi/c32-31(33(34,26-16-6-1-7-17-26)27-18-8-2-9-19-27)35(28-20-10-3-11-21-28,29-22-12-4-13-23-29)30-24-14-5-15-25-30/h1-25,31H/t31-/m1/s1. The average molecular weight is 525 g/mol. The third-order valence-electron chi connectivity index (χ3n) is 6.64. The molecule has 0 unspecified atom stereocenters. The van der Waals surface area contributed by atoms with Crippen LogP contribution in [0.5, 0.6) is 0 Å². The molecule has 0 aliphatic carbocycles. The van der Waals surface area contributed by atoms with Gasteiger partial charge in [0.25, 0.3) is 0 Å². The van der Waals surface area contributed by atoms with Gasteiger partial charge in [-0.2, -0.15) is 0 Å². The maximum atomic E-state index is 7.99. The van der Waals surface area contributed by atoms with Crippen LogP contribution in [0.4, 0.5) is 0 Å². The number of benzene rings is 5. The van der Waals surface area contributed by atoms with Gasteiger partial charge in [-0.05, 0) is 26.2 Å². The van der Waals surface area contributed by atoms with Gasteiger partial charge in [0.05, 0.1) is 4.74 Å². The molecule has 0 aliphatic rings. The first-order chi connectivity index (χ1) is 17.2.